The Labute approximate surface area is 184 Å². The zero-order chi connectivity index (χ0) is 21.4. The van der Waals surface area contributed by atoms with Crippen molar-refractivity contribution in [2.24, 2.45) is 0 Å². The van der Waals surface area contributed by atoms with Crippen LogP contribution in [-0.2, 0) is 11.8 Å². The van der Waals surface area contributed by atoms with E-state index in [-0.39, 0.29) is 5.41 Å². The van der Waals surface area contributed by atoms with Gasteiger partial charge in [-0.25, -0.2) is 0 Å². The Bertz CT molecular complexity index is 1240. The van der Waals surface area contributed by atoms with Crippen LogP contribution >= 0.6 is 0 Å². The highest BCUT2D eigenvalue weighted by Gasteiger charge is 2.36. The number of fused-ring (bicyclic) bond motifs is 2. The van der Waals surface area contributed by atoms with Crippen LogP contribution < -0.4 is 4.90 Å². The second-order valence-electron chi connectivity index (χ2n) is 8.61. The van der Waals surface area contributed by atoms with Gasteiger partial charge >= 0.3 is 0 Å². The summed E-state index contributed by atoms with van der Waals surface area (Å²) in [7, 11) is 0. The number of anilines is 3. The van der Waals surface area contributed by atoms with E-state index in [1.807, 2.05) is 12.1 Å². The predicted molar refractivity (Wildman–Crippen MR) is 127 cm³/mol. The van der Waals surface area contributed by atoms with Crippen LogP contribution in [0.3, 0.4) is 0 Å². The molecule has 0 radical (unpaired) electrons. The monoisotopic (exact) mass is 400 g/mol. The van der Waals surface area contributed by atoms with Gasteiger partial charge in [0.05, 0.1) is 23.0 Å². The second-order valence-corrected chi connectivity index (χ2v) is 8.61. The molecule has 0 spiro atoms. The number of hydrogen-bond acceptors (Lipinski definition) is 2. The average molecular weight is 401 g/mol. The van der Waals surface area contributed by atoms with Gasteiger partial charge in [0, 0.05) is 11.1 Å². The molecule has 2 nitrogen and oxygen atoms in total. The van der Waals surface area contributed by atoms with Crippen LogP contribution in [-0.4, -0.2) is 0 Å². The summed E-state index contributed by atoms with van der Waals surface area (Å²) in [4.78, 5) is 2.41. The van der Waals surface area contributed by atoms with Crippen molar-refractivity contribution in [1.82, 2.24) is 0 Å². The average Bonchev–Trinajstić information content (AvgIpc) is 2.81. The third kappa shape index (κ3) is 3.20. The Morgan fingerprint density at radius 3 is 1.77 bits per heavy atom. The number of rotatable bonds is 3. The Morgan fingerprint density at radius 2 is 1.19 bits per heavy atom. The Balaban J connectivity index is 1.67. The predicted octanol–water partition coefficient (Wildman–Crippen LogP) is 7.26. The first-order chi connectivity index (χ1) is 15.1. The van der Waals surface area contributed by atoms with Gasteiger partial charge < -0.3 is 4.90 Å². The number of nitriles is 1. The quantitative estimate of drug-likeness (QED) is 0.362. The molecule has 0 aromatic heterocycles. The van der Waals surface area contributed by atoms with Crippen molar-refractivity contribution in [3.63, 3.8) is 0 Å². The summed E-state index contributed by atoms with van der Waals surface area (Å²) in [5.74, 6) is 0. The molecule has 1 heterocycles. The van der Waals surface area contributed by atoms with E-state index in [0.717, 1.165) is 6.42 Å². The minimum Gasteiger partial charge on any atom is -0.310 e. The van der Waals surface area contributed by atoms with Crippen LogP contribution in [0.25, 0.3) is 0 Å². The fraction of sp³-hybridized carbons (Fsp3) is 0.138. The number of hydrogen-bond donors (Lipinski definition) is 0. The van der Waals surface area contributed by atoms with E-state index in [9.17, 15) is 0 Å². The molecule has 2 heteroatoms. The van der Waals surface area contributed by atoms with Crippen molar-refractivity contribution in [1.29, 1.82) is 5.26 Å². The van der Waals surface area contributed by atoms with E-state index in [0.29, 0.717) is 5.56 Å². The molecule has 150 valence electrons. The normalized spacial score (nSPS) is 13.8. The maximum Gasteiger partial charge on any atom is 0.0991 e. The minimum absolute atomic E-state index is 0.0637. The van der Waals surface area contributed by atoms with E-state index in [1.165, 1.54) is 39.3 Å². The Hall–Kier alpha value is -3.83. The van der Waals surface area contributed by atoms with Crippen molar-refractivity contribution in [3.05, 3.63) is 125 Å². The fourth-order valence-corrected chi connectivity index (χ4v) is 4.72. The van der Waals surface area contributed by atoms with Crippen LogP contribution in [0.2, 0.25) is 0 Å². The van der Waals surface area contributed by atoms with Crippen molar-refractivity contribution in [2.45, 2.75) is 25.7 Å². The maximum absolute atomic E-state index is 9.10. The van der Waals surface area contributed by atoms with Crippen LogP contribution in [0.1, 0.15) is 41.7 Å². The first-order valence-electron chi connectivity index (χ1n) is 10.7. The van der Waals surface area contributed by atoms with Gasteiger partial charge in [-0.2, -0.15) is 5.26 Å². The van der Waals surface area contributed by atoms with E-state index in [2.05, 4.69) is 110 Å². The molecule has 1 aliphatic rings. The van der Waals surface area contributed by atoms with Crippen molar-refractivity contribution in [2.75, 3.05) is 4.90 Å². The maximum atomic E-state index is 9.10. The zero-order valence-electron chi connectivity index (χ0n) is 17.8. The molecule has 5 rings (SSSR count). The summed E-state index contributed by atoms with van der Waals surface area (Å²) in [6.45, 7) is 4.62. The van der Waals surface area contributed by atoms with Crippen LogP contribution in [0.5, 0.6) is 0 Å². The SMILES string of the molecule is CC1(C)c2ccccc2N(c2ccccc2Cc2ccc(C#N)cc2)c2ccccc21. The summed E-state index contributed by atoms with van der Waals surface area (Å²) in [5, 5.41) is 9.10. The minimum atomic E-state index is -0.0637. The third-order valence-corrected chi connectivity index (χ3v) is 6.35. The van der Waals surface area contributed by atoms with Crippen LogP contribution in [0.15, 0.2) is 97.1 Å². The van der Waals surface area contributed by atoms with E-state index < -0.39 is 0 Å². The van der Waals surface area contributed by atoms with Gasteiger partial charge in [-0.05, 0) is 59.0 Å². The molecule has 4 aromatic rings. The highest BCUT2D eigenvalue weighted by molar-refractivity contribution is 5.87. The van der Waals surface area contributed by atoms with Gasteiger partial charge in [0.1, 0.15) is 0 Å². The molecular weight excluding hydrogens is 376 g/mol. The lowest BCUT2D eigenvalue weighted by atomic mass is 9.73. The van der Waals surface area contributed by atoms with Crippen molar-refractivity contribution < 1.29 is 0 Å². The summed E-state index contributed by atoms with van der Waals surface area (Å²) in [6, 6.07) is 36.2. The number of para-hydroxylation sites is 3. The number of benzene rings is 4. The largest absolute Gasteiger partial charge is 0.310 e. The summed E-state index contributed by atoms with van der Waals surface area (Å²) >= 11 is 0. The fourth-order valence-electron chi connectivity index (χ4n) is 4.72. The highest BCUT2D eigenvalue weighted by Crippen LogP contribution is 2.52. The lowest BCUT2D eigenvalue weighted by Gasteiger charge is -2.42. The van der Waals surface area contributed by atoms with Gasteiger partial charge in [0.25, 0.3) is 0 Å². The van der Waals surface area contributed by atoms with Gasteiger partial charge in [-0.1, -0.05) is 80.6 Å². The van der Waals surface area contributed by atoms with Crippen molar-refractivity contribution >= 4 is 17.1 Å². The van der Waals surface area contributed by atoms with E-state index >= 15 is 0 Å². The molecule has 0 aliphatic carbocycles. The van der Waals surface area contributed by atoms with Gasteiger partial charge in [0.2, 0.25) is 0 Å². The lowest BCUT2D eigenvalue weighted by molar-refractivity contribution is 0.632. The molecule has 0 saturated carbocycles. The molecule has 31 heavy (non-hydrogen) atoms. The summed E-state index contributed by atoms with van der Waals surface area (Å²) < 4.78 is 0. The van der Waals surface area contributed by atoms with Gasteiger partial charge in [-0.3, -0.25) is 0 Å². The standard InChI is InChI=1S/C29H24N2/c1-29(2)24-10-4-7-13-27(24)31(28-14-8-5-11-25(28)29)26-12-6-3-9-23(26)19-21-15-17-22(20-30)18-16-21/h3-18H,19H2,1-2H3. The van der Waals surface area contributed by atoms with E-state index in [1.54, 1.807) is 0 Å². The highest BCUT2D eigenvalue weighted by atomic mass is 15.2. The van der Waals surface area contributed by atoms with Crippen LogP contribution in [0, 0.1) is 11.3 Å². The molecule has 0 bridgehead atoms. The smallest absolute Gasteiger partial charge is 0.0991 e. The topological polar surface area (TPSA) is 27.0 Å². The van der Waals surface area contributed by atoms with Crippen LogP contribution in [0.4, 0.5) is 17.1 Å². The second kappa shape index (κ2) is 7.45. The molecule has 1 aliphatic heterocycles. The zero-order valence-corrected chi connectivity index (χ0v) is 17.8. The molecule has 4 aromatic carbocycles. The molecule has 0 atom stereocenters. The lowest BCUT2D eigenvalue weighted by Crippen LogP contribution is -2.30. The molecule has 0 unspecified atom stereocenters. The van der Waals surface area contributed by atoms with Gasteiger partial charge in [-0.15, -0.1) is 0 Å². The third-order valence-electron chi connectivity index (χ3n) is 6.35. The molecule has 0 amide bonds. The number of nitrogens with zero attached hydrogens (tertiary/aromatic N) is 2. The molecular formula is C29H24N2. The van der Waals surface area contributed by atoms with E-state index in [4.69, 9.17) is 5.26 Å². The molecule has 0 N–H and O–H groups in total. The van der Waals surface area contributed by atoms with Gasteiger partial charge in [0.15, 0.2) is 0 Å². The Kier molecular flexibility index (Phi) is 4.60. The van der Waals surface area contributed by atoms with Crippen molar-refractivity contribution in [3.8, 4) is 6.07 Å². The molecule has 0 fully saturated rings. The first kappa shape index (κ1) is 19.2. The first-order valence-corrected chi connectivity index (χ1v) is 10.7. The molecule has 0 saturated heterocycles. The summed E-state index contributed by atoms with van der Waals surface area (Å²) in [5.41, 5.74) is 9.43. The Morgan fingerprint density at radius 1 is 0.677 bits per heavy atom. The summed E-state index contributed by atoms with van der Waals surface area (Å²) in [6.07, 6.45) is 0.812.